The molecule has 0 bridgehead atoms. The van der Waals surface area contributed by atoms with Gasteiger partial charge in [0.05, 0.1) is 12.2 Å². The number of carbonyl (C=O) groups is 1. The molecule has 158 valence electrons. The molecule has 1 fully saturated rings. The van der Waals surface area contributed by atoms with E-state index in [1.54, 1.807) is 29.2 Å². The van der Waals surface area contributed by atoms with Gasteiger partial charge in [-0.05, 0) is 43.3 Å². The van der Waals surface area contributed by atoms with E-state index in [0.29, 0.717) is 55.7 Å². The lowest BCUT2D eigenvalue weighted by Gasteiger charge is -2.34. The molecule has 3 aromatic rings. The van der Waals surface area contributed by atoms with Crippen molar-refractivity contribution < 1.29 is 22.7 Å². The van der Waals surface area contributed by atoms with Crippen LogP contribution in [0.5, 0.6) is 5.75 Å². The van der Waals surface area contributed by atoms with Crippen LogP contribution in [0.15, 0.2) is 42.6 Å². The second kappa shape index (κ2) is 7.85. The molecule has 10 heteroatoms. The molecule has 30 heavy (non-hydrogen) atoms. The summed E-state index contributed by atoms with van der Waals surface area (Å²) in [5, 5.41) is 8.01. The maximum atomic E-state index is 13.0. The maximum Gasteiger partial charge on any atom is 0.417 e. The number of alkyl halides is 3. The number of halogens is 3. The van der Waals surface area contributed by atoms with E-state index in [1.807, 2.05) is 11.8 Å². The van der Waals surface area contributed by atoms with Crippen molar-refractivity contribution in [1.29, 1.82) is 0 Å². The van der Waals surface area contributed by atoms with Gasteiger partial charge in [-0.1, -0.05) is 0 Å². The molecule has 0 unspecified atom stereocenters. The van der Waals surface area contributed by atoms with Crippen molar-refractivity contribution in [2.45, 2.75) is 13.1 Å². The highest BCUT2D eigenvalue weighted by Crippen LogP contribution is 2.30. The van der Waals surface area contributed by atoms with Crippen LogP contribution in [0.1, 0.15) is 22.8 Å². The Labute approximate surface area is 170 Å². The molecule has 1 amide bonds. The molecule has 0 spiro atoms. The summed E-state index contributed by atoms with van der Waals surface area (Å²) < 4.78 is 45.9. The quantitative estimate of drug-likeness (QED) is 0.650. The molecular weight excluding hydrogens is 399 g/mol. The van der Waals surface area contributed by atoms with Crippen LogP contribution in [0.2, 0.25) is 0 Å². The predicted molar refractivity (Wildman–Crippen MR) is 104 cm³/mol. The molecule has 4 rings (SSSR count). The molecule has 3 heterocycles. The minimum absolute atomic E-state index is 0.0943. The van der Waals surface area contributed by atoms with E-state index in [-0.39, 0.29) is 5.91 Å². The number of ether oxygens (including phenoxy) is 1. The molecule has 0 saturated carbocycles. The number of hydrogen-bond acceptors (Lipinski definition) is 5. The fourth-order valence-electron chi connectivity index (χ4n) is 3.41. The second-order valence-electron chi connectivity index (χ2n) is 6.88. The summed E-state index contributed by atoms with van der Waals surface area (Å²) in [6.07, 6.45) is -3.44. The van der Waals surface area contributed by atoms with Crippen molar-refractivity contribution in [3.05, 3.63) is 53.7 Å². The number of piperazine rings is 1. The number of pyridine rings is 1. The van der Waals surface area contributed by atoms with Crippen LogP contribution >= 0.6 is 0 Å². The number of fused-ring (bicyclic) bond motifs is 1. The summed E-state index contributed by atoms with van der Waals surface area (Å²) in [4.78, 5) is 16.3. The average Bonchev–Trinajstić information content (AvgIpc) is 3.17. The normalized spacial score (nSPS) is 14.9. The number of nitrogens with zero attached hydrogens (tertiary/aromatic N) is 5. The first-order valence-corrected chi connectivity index (χ1v) is 9.56. The molecule has 1 aromatic carbocycles. The summed E-state index contributed by atoms with van der Waals surface area (Å²) in [5.41, 5.74) is 0.140. The van der Waals surface area contributed by atoms with Crippen LogP contribution in [0.3, 0.4) is 0 Å². The number of hydrogen-bond donors (Lipinski definition) is 0. The number of carbonyl (C=O) groups excluding carboxylic acids is 1. The van der Waals surface area contributed by atoms with Crippen LogP contribution in [0.25, 0.3) is 5.65 Å². The van der Waals surface area contributed by atoms with Crippen molar-refractivity contribution in [1.82, 2.24) is 19.5 Å². The molecular formula is C20H20F3N5O2. The second-order valence-corrected chi connectivity index (χ2v) is 6.88. The van der Waals surface area contributed by atoms with E-state index in [9.17, 15) is 18.0 Å². The zero-order valence-electron chi connectivity index (χ0n) is 16.3. The lowest BCUT2D eigenvalue weighted by molar-refractivity contribution is -0.137. The molecule has 1 saturated heterocycles. The van der Waals surface area contributed by atoms with E-state index in [1.165, 1.54) is 10.5 Å². The number of aromatic nitrogens is 3. The predicted octanol–water partition coefficient (Wildman–Crippen LogP) is 3.11. The molecule has 7 nitrogen and oxygen atoms in total. The minimum Gasteiger partial charge on any atom is -0.494 e. The molecule has 0 N–H and O–H groups in total. The fourth-order valence-corrected chi connectivity index (χ4v) is 3.41. The zero-order chi connectivity index (χ0) is 21.3. The third kappa shape index (κ3) is 3.89. The third-order valence-electron chi connectivity index (χ3n) is 4.97. The molecule has 2 aromatic heterocycles. The summed E-state index contributed by atoms with van der Waals surface area (Å²) in [6, 6.07) is 9.25. The molecule has 1 aliphatic heterocycles. The van der Waals surface area contributed by atoms with Crippen LogP contribution < -0.4 is 9.64 Å². The Morgan fingerprint density at radius 1 is 1.03 bits per heavy atom. The first-order valence-electron chi connectivity index (χ1n) is 9.56. The highest BCUT2D eigenvalue weighted by Gasteiger charge is 2.32. The van der Waals surface area contributed by atoms with Crippen molar-refractivity contribution in [2.24, 2.45) is 0 Å². The van der Waals surface area contributed by atoms with E-state index in [2.05, 4.69) is 10.2 Å². The Hall–Kier alpha value is -3.30. The fraction of sp³-hybridized carbons (Fsp3) is 0.350. The first kappa shape index (κ1) is 20.0. The van der Waals surface area contributed by atoms with Gasteiger partial charge in [-0.3, -0.25) is 9.20 Å². The number of benzene rings is 1. The van der Waals surface area contributed by atoms with Gasteiger partial charge >= 0.3 is 6.18 Å². The van der Waals surface area contributed by atoms with Crippen molar-refractivity contribution in [3.8, 4) is 5.75 Å². The Morgan fingerprint density at radius 3 is 2.37 bits per heavy atom. The standard InChI is InChI=1S/C20H20F3N5O2/c1-2-30-16-6-3-14(4-7-16)18(29)26-9-11-27(12-10-26)19-25-24-17-8-5-15(13-28(17)19)20(21,22)23/h3-8,13H,2,9-12H2,1H3. The van der Waals surface area contributed by atoms with Crippen molar-refractivity contribution in [3.63, 3.8) is 0 Å². The number of amides is 1. The highest BCUT2D eigenvalue weighted by atomic mass is 19.4. The van der Waals surface area contributed by atoms with E-state index in [0.717, 1.165) is 12.3 Å². The van der Waals surface area contributed by atoms with E-state index >= 15 is 0 Å². The largest absolute Gasteiger partial charge is 0.494 e. The van der Waals surface area contributed by atoms with Crippen LogP contribution in [-0.2, 0) is 6.18 Å². The van der Waals surface area contributed by atoms with Crippen molar-refractivity contribution in [2.75, 3.05) is 37.7 Å². The topological polar surface area (TPSA) is 63.0 Å². The van der Waals surface area contributed by atoms with Gasteiger partial charge in [0.15, 0.2) is 5.65 Å². The summed E-state index contributed by atoms with van der Waals surface area (Å²) in [7, 11) is 0. The van der Waals surface area contributed by atoms with Crippen LogP contribution in [0, 0.1) is 0 Å². The van der Waals surface area contributed by atoms with Gasteiger partial charge in [0.25, 0.3) is 5.91 Å². The van der Waals surface area contributed by atoms with Gasteiger partial charge < -0.3 is 14.5 Å². The average molecular weight is 419 g/mol. The highest BCUT2D eigenvalue weighted by molar-refractivity contribution is 5.94. The van der Waals surface area contributed by atoms with Gasteiger partial charge in [0, 0.05) is 37.9 Å². The number of anilines is 1. The smallest absolute Gasteiger partial charge is 0.417 e. The summed E-state index contributed by atoms with van der Waals surface area (Å²) in [6.45, 7) is 4.19. The monoisotopic (exact) mass is 419 g/mol. The molecule has 0 atom stereocenters. The Bertz CT molecular complexity index is 1040. The molecule has 0 aliphatic carbocycles. The Kier molecular flexibility index (Phi) is 5.23. The minimum atomic E-state index is -4.45. The van der Waals surface area contributed by atoms with Gasteiger partial charge in [-0.2, -0.15) is 13.2 Å². The SMILES string of the molecule is CCOc1ccc(C(=O)N2CCN(c3nnc4ccc(C(F)(F)F)cn34)CC2)cc1. The Balaban J connectivity index is 1.46. The zero-order valence-corrected chi connectivity index (χ0v) is 16.3. The van der Waals surface area contributed by atoms with Gasteiger partial charge in [-0.15, -0.1) is 10.2 Å². The lowest BCUT2D eigenvalue weighted by atomic mass is 10.1. The van der Waals surface area contributed by atoms with E-state index in [4.69, 9.17) is 4.74 Å². The van der Waals surface area contributed by atoms with Crippen LogP contribution in [-0.4, -0.2) is 58.2 Å². The Morgan fingerprint density at radius 2 is 1.73 bits per heavy atom. The maximum absolute atomic E-state index is 13.0. The van der Waals surface area contributed by atoms with Crippen molar-refractivity contribution >= 4 is 17.5 Å². The molecule has 1 aliphatic rings. The van der Waals surface area contributed by atoms with E-state index < -0.39 is 11.7 Å². The van der Waals surface area contributed by atoms with Gasteiger partial charge in [0.2, 0.25) is 5.95 Å². The lowest BCUT2D eigenvalue weighted by Crippen LogP contribution is -2.49. The summed E-state index contributed by atoms with van der Waals surface area (Å²) in [5.74, 6) is 0.947. The molecule has 0 radical (unpaired) electrons. The third-order valence-corrected chi connectivity index (χ3v) is 4.97. The van der Waals surface area contributed by atoms with Gasteiger partial charge in [-0.25, -0.2) is 0 Å². The van der Waals surface area contributed by atoms with Crippen LogP contribution in [0.4, 0.5) is 19.1 Å². The summed E-state index contributed by atoms with van der Waals surface area (Å²) >= 11 is 0. The number of rotatable bonds is 4. The first-order chi connectivity index (χ1) is 14.4. The van der Waals surface area contributed by atoms with Gasteiger partial charge in [0.1, 0.15) is 5.75 Å².